The van der Waals surface area contributed by atoms with Crippen LogP contribution in [0.15, 0.2) is 34.9 Å². The first-order valence-electron chi connectivity index (χ1n) is 5.53. The van der Waals surface area contributed by atoms with Gasteiger partial charge in [-0.3, -0.25) is 0 Å². The van der Waals surface area contributed by atoms with E-state index in [1.54, 1.807) is 13.1 Å². The molecule has 1 aromatic carbocycles. The second-order valence-corrected chi connectivity index (χ2v) is 4.63. The van der Waals surface area contributed by atoms with Crippen molar-refractivity contribution in [3.63, 3.8) is 0 Å². The number of anilines is 1. The highest BCUT2D eigenvalue weighted by atomic mass is 79.9. The fourth-order valence-corrected chi connectivity index (χ4v) is 1.98. The Kier molecular flexibility index (Phi) is 3.72. The highest BCUT2D eigenvalue weighted by molar-refractivity contribution is 9.10. The van der Waals surface area contributed by atoms with Crippen LogP contribution < -0.4 is 5.73 Å². The van der Waals surface area contributed by atoms with Gasteiger partial charge in [-0.05, 0) is 24.6 Å². The number of esters is 1. The number of nitrogens with one attached hydrogen (secondary N) is 1. The molecule has 4 nitrogen and oxygen atoms in total. The molecule has 0 atom stereocenters. The maximum Gasteiger partial charge on any atom is 0.342 e. The fourth-order valence-electron chi connectivity index (χ4n) is 1.72. The van der Waals surface area contributed by atoms with E-state index in [0.29, 0.717) is 18.0 Å². The summed E-state index contributed by atoms with van der Waals surface area (Å²) in [7, 11) is 0. The van der Waals surface area contributed by atoms with Crippen LogP contribution in [0.1, 0.15) is 17.3 Å². The molecule has 0 saturated carbocycles. The number of carbonyl (C=O) groups is 1. The SMILES string of the molecule is CCOC(=O)c1c(-c2ccc(Br)cc2)c[nH]c1N. The van der Waals surface area contributed by atoms with E-state index in [1.165, 1.54) is 0 Å². The first-order valence-corrected chi connectivity index (χ1v) is 6.32. The van der Waals surface area contributed by atoms with Gasteiger partial charge >= 0.3 is 5.97 Å². The van der Waals surface area contributed by atoms with Crippen LogP contribution in [0.5, 0.6) is 0 Å². The lowest BCUT2D eigenvalue weighted by molar-refractivity contribution is 0.0529. The summed E-state index contributed by atoms with van der Waals surface area (Å²) in [5.41, 5.74) is 7.82. The minimum absolute atomic E-state index is 0.323. The van der Waals surface area contributed by atoms with Gasteiger partial charge in [0.2, 0.25) is 0 Å². The Labute approximate surface area is 113 Å². The van der Waals surface area contributed by atoms with Gasteiger partial charge in [0.15, 0.2) is 0 Å². The number of benzene rings is 1. The molecule has 0 saturated heterocycles. The molecule has 3 N–H and O–H groups in total. The highest BCUT2D eigenvalue weighted by Crippen LogP contribution is 2.29. The summed E-state index contributed by atoms with van der Waals surface area (Å²) in [6.07, 6.45) is 1.71. The number of ether oxygens (including phenoxy) is 1. The summed E-state index contributed by atoms with van der Waals surface area (Å²) in [5, 5.41) is 0. The fraction of sp³-hybridized carbons (Fsp3) is 0.154. The Bertz CT molecular complexity index is 561. The predicted molar refractivity (Wildman–Crippen MR) is 74.3 cm³/mol. The van der Waals surface area contributed by atoms with Crippen molar-refractivity contribution < 1.29 is 9.53 Å². The summed E-state index contributed by atoms with van der Waals surface area (Å²) in [6.45, 7) is 2.09. The van der Waals surface area contributed by atoms with E-state index < -0.39 is 5.97 Å². The summed E-state index contributed by atoms with van der Waals surface area (Å²) < 4.78 is 5.98. The summed E-state index contributed by atoms with van der Waals surface area (Å²) >= 11 is 3.37. The van der Waals surface area contributed by atoms with Gasteiger partial charge in [0.05, 0.1) is 6.61 Å². The Morgan fingerprint density at radius 3 is 2.67 bits per heavy atom. The maximum absolute atomic E-state index is 11.9. The van der Waals surface area contributed by atoms with Gasteiger partial charge < -0.3 is 15.5 Å². The lowest BCUT2D eigenvalue weighted by atomic mass is 10.0. The molecule has 0 unspecified atom stereocenters. The molecule has 0 aliphatic carbocycles. The van der Waals surface area contributed by atoms with Gasteiger partial charge in [0.25, 0.3) is 0 Å². The zero-order chi connectivity index (χ0) is 13.1. The molecule has 0 spiro atoms. The first kappa shape index (κ1) is 12.7. The van der Waals surface area contributed by atoms with E-state index >= 15 is 0 Å². The molecule has 0 aliphatic heterocycles. The molecular formula is C13H13BrN2O2. The van der Waals surface area contributed by atoms with Crippen LogP contribution in [0.25, 0.3) is 11.1 Å². The normalized spacial score (nSPS) is 10.3. The quantitative estimate of drug-likeness (QED) is 0.856. The van der Waals surface area contributed by atoms with Crippen molar-refractivity contribution in [1.29, 1.82) is 0 Å². The smallest absolute Gasteiger partial charge is 0.342 e. The summed E-state index contributed by atoms with van der Waals surface area (Å²) in [5.74, 6) is -0.0828. The van der Waals surface area contributed by atoms with E-state index in [1.807, 2.05) is 24.3 Å². The minimum atomic E-state index is -0.408. The number of hydrogen-bond donors (Lipinski definition) is 2. The third-order valence-electron chi connectivity index (χ3n) is 2.55. The molecule has 94 valence electrons. The molecular weight excluding hydrogens is 296 g/mol. The molecule has 18 heavy (non-hydrogen) atoms. The number of halogens is 1. The standard InChI is InChI=1S/C13H13BrN2O2/c1-2-18-13(17)11-10(7-16-12(11)15)8-3-5-9(14)6-4-8/h3-7,16H,2,15H2,1H3. The molecule has 0 fully saturated rings. The van der Waals surface area contributed by atoms with E-state index in [4.69, 9.17) is 10.5 Å². The van der Waals surface area contributed by atoms with Crippen molar-refractivity contribution in [3.8, 4) is 11.1 Å². The monoisotopic (exact) mass is 308 g/mol. The zero-order valence-corrected chi connectivity index (χ0v) is 11.5. The van der Waals surface area contributed by atoms with E-state index in [2.05, 4.69) is 20.9 Å². The first-order chi connectivity index (χ1) is 8.63. The molecule has 0 aliphatic rings. The Hall–Kier alpha value is -1.75. The van der Waals surface area contributed by atoms with Gasteiger partial charge in [-0.25, -0.2) is 4.79 Å². The van der Waals surface area contributed by atoms with Crippen LogP contribution in [0.4, 0.5) is 5.82 Å². The third-order valence-corrected chi connectivity index (χ3v) is 3.07. The lowest BCUT2D eigenvalue weighted by Gasteiger charge is -2.05. The average Bonchev–Trinajstić information content (AvgIpc) is 2.72. The molecule has 0 bridgehead atoms. The number of carbonyl (C=O) groups excluding carboxylic acids is 1. The second-order valence-electron chi connectivity index (χ2n) is 3.72. The molecule has 0 amide bonds. The van der Waals surface area contributed by atoms with Gasteiger partial charge in [-0.2, -0.15) is 0 Å². The van der Waals surface area contributed by atoms with Gasteiger partial charge in [0, 0.05) is 16.2 Å². The average molecular weight is 309 g/mol. The number of nitrogen functional groups attached to an aromatic ring is 1. The van der Waals surface area contributed by atoms with Crippen molar-refractivity contribution in [3.05, 3.63) is 40.5 Å². The maximum atomic E-state index is 11.9. The van der Waals surface area contributed by atoms with Gasteiger partial charge in [0.1, 0.15) is 11.4 Å². The number of rotatable bonds is 3. The van der Waals surface area contributed by atoms with E-state index in [9.17, 15) is 4.79 Å². The van der Waals surface area contributed by atoms with Crippen molar-refractivity contribution in [2.24, 2.45) is 0 Å². The zero-order valence-electron chi connectivity index (χ0n) is 9.87. The highest BCUT2D eigenvalue weighted by Gasteiger charge is 2.19. The number of H-pyrrole nitrogens is 1. The summed E-state index contributed by atoms with van der Waals surface area (Å²) in [4.78, 5) is 14.7. The molecule has 2 aromatic rings. The van der Waals surface area contributed by atoms with E-state index in [0.717, 1.165) is 15.6 Å². The van der Waals surface area contributed by atoms with Crippen LogP contribution in [0.2, 0.25) is 0 Å². The van der Waals surface area contributed by atoms with Crippen molar-refractivity contribution in [1.82, 2.24) is 4.98 Å². The summed E-state index contributed by atoms with van der Waals surface area (Å²) in [6, 6.07) is 7.64. The van der Waals surface area contributed by atoms with Crippen LogP contribution in [0, 0.1) is 0 Å². The number of nitrogens with two attached hydrogens (primary N) is 1. The molecule has 1 aromatic heterocycles. The van der Waals surface area contributed by atoms with Crippen LogP contribution >= 0.6 is 15.9 Å². The number of hydrogen-bond acceptors (Lipinski definition) is 3. The van der Waals surface area contributed by atoms with E-state index in [-0.39, 0.29) is 0 Å². The predicted octanol–water partition coefficient (Wildman–Crippen LogP) is 3.20. The van der Waals surface area contributed by atoms with Gasteiger partial charge in [-0.1, -0.05) is 28.1 Å². The minimum Gasteiger partial charge on any atom is -0.462 e. The Morgan fingerprint density at radius 2 is 2.06 bits per heavy atom. The van der Waals surface area contributed by atoms with Crippen LogP contribution in [0.3, 0.4) is 0 Å². The molecule has 2 rings (SSSR count). The largest absolute Gasteiger partial charge is 0.462 e. The topological polar surface area (TPSA) is 68.1 Å². The van der Waals surface area contributed by atoms with Gasteiger partial charge in [-0.15, -0.1) is 0 Å². The molecule has 5 heteroatoms. The number of aromatic nitrogens is 1. The van der Waals surface area contributed by atoms with Crippen molar-refractivity contribution >= 4 is 27.7 Å². The van der Waals surface area contributed by atoms with Crippen molar-refractivity contribution in [2.45, 2.75) is 6.92 Å². The van der Waals surface area contributed by atoms with Crippen molar-refractivity contribution in [2.75, 3.05) is 12.3 Å². The van der Waals surface area contributed by atoms with Crippen LogP contribution in [-0.2, 0) is 4.74 Å². The van der Waals surface area contributed by atoms with Crippen LogP contribution in [-0.4, -0.2) is 17.6 Å². The molecule has 0 radical (unpaired) electrons. The Morgan fingerprint density at radius 1 is 1.39 bits per heavy atom. The number of aromatic amines is 1. The lowest BCUT2D eigenvalue weighted by Crippen LogP contribution is -2.07. The second kappa shape index (κ2) is 5.27. The third kappa shape index (κ3) is 2.41. The molecule has 1 heterocycles. The Balaban J connectivity index is 2.45.